The van der Waals surface area contributed by atoms with Crippen molar-refractivity contribution in [2.75, 3.05) is 18.4 Å². The van der Waals surface area contributed by atoms with Crippen LogP contribution in [0.5, 0.6) is 0 Å². The lowest BCUT2D eigenvalue weighted by atomic mass is 9.92. The minimum atomic E-state index is -4.46. The number of amides is 1. The average molecular weight is 423 g/mol. The maximum atomic E-state index is 13.0. The molecule has 1 N–H and O–H groups in total. The van der Waals surface area contributed by atoms with Gasteiger partial charge in [-0.05, 0) is 66.8 Å². The first-order valence-corrected chi connectivity index (χ1v) is 9.44. The molecule has 1 fully saturated rings. The predicted octanol–water partition coefficient (Wildman–Crippen LogP) is 5.47. The highest BCUT2D eigenvalue weighted by Gasteiger charge is 2.32. The molecule has 154 valence electrons. The smallest absolute Gasteiger partial charge is 0.323 e. The molecular formula is C22H22ClF3N2O. The zero-order valence-electron chi connectivity index (χ0n) is 15.7. The second-order valence-corrected chi connectivity index (χ2v) is 7.27. The molecule has 1 atom stereocenters. The van der Waals surface area contributed by atoms with Crippen molar-refractivity contribution in [3.8, 4) is 0 Å². The summed E-state index contributed by atoms with van der Waals surface area (Å²) in [5, 5.41) is 2.77. The summed E-state index contributed by atoms with van der Waals surface area (Å²) < 4.78 is 39.1. The molecule has 29 heavy (non-hydrogen) atoms. The zero-order valence-corrected chi connectivity index (χ0v) is 16.5. The Hall–Kier alpha value is -2.31. The number of carbonyl (C=O) groups is 1. The minimum absolute atomic E-state index is 0. The van der Waals surface area contributed by atoms with Crippen LogP contribution in [0.15, 0.2) is 48.5 Å². The quantitative estimate of drug-likeness (QED) is 0.665. The fourth-order valence-corrected chi connectivity index (χ4v) is 4.17. The van der Waals surface area contributed by atoms with Crippen LogP contribution in [0.2, 0.25) is 0 Å². The Morgan fingerprint density at radius 2 is 1.93 bits per heavy atom. The number of benzene rings is 2. The van der Waals surface area contributed by atoms with Crippen LogP contribution in [0, 0.1) is 0 Å². The number of rotatable bonds is 3. The van der Waals surface area contributed by atoms with Gasteiger partial charge in [-0.1, -0.05) is 24.3 Å². The van der Waals surface area contributed by atoms with Crippen LogP contribution in [-0.4, -0.2) is 23.9 Å². The van der Waals surface area contributed by atoms with Crippen LogP contribution < -0.4 is 5.32 Å². The van der Waals surface area contributed by atoms with Crippen LogP contribution >= 0.6 is 12.4 Å². The molecule has 0 aromatic heterocycles. The van der Waals surface area contributed by atoms with Crippen molar-refractivity contribution in [2.24, 2.45) is 0 Å². The molecule has 0 spiro atoms. The molecule has 0 saturated carbocycles. The van der Waals surface area contributed by atoms with Gasteiger partial charge in [-0.2, -0.15) is 13.2 Å². The fraction of sp³-hybridized carbons (Fsp3) is 0.318. The molecule has 0 radical (unpaired) electrons. The third-order valence-electron chi connectivity index (χ3n) is 5.48. The Labute approximate surface area is 174 Å². The van der Waals surface area contributed by atoms with Gasteiger partial charge < -0.3 is 5.32 Å². The summed E-state index contributed by atoms with van der Waals surface area (Å²) in [6, 6.07) is 11.5. The topological polar surface area (TPSA) is 32.3 Å². The van der Waals surface area contributed by atoms with Gasteiger partial charge in [0, 0.05) is 24.4 Å². The summed E-state index contributed by atoms with van der Waals surface area (Å²) in [7, 11) is 0. The molecule has 2 aliphatic rings. The molecule has 1 saturated heterocycles. The van der Waals surface area contributed by atoms with Gasteiger partial charge in [0.2, 0.25) is 5.91 Å². The maximum absolute atomic E-state index is 13.0. The second-order valence-electron chi connectivity index (χ2n) is 7.27. The third-order valence-corrected chi connectivity index (χ3v) is 5.48. The van der Waals surface area contributed by atoms with Crippen molar-refractivity contribution in [2.45, 2.75) is 31.5 Å². The number of halogens is 4. The van der Waals surface area contributed by atoms with E-state index in [0.29, 0.717) is 11.7 Å². The molecule has 3 nitrogen and oxygen atoms in total. The summed E-state index contributed by atoms with van der Waals surface area (Å²) in [4.78, 5) is 14.7. The molecule has 2 aromatic carbocycles. The standard InChI is InChI=1S/C22H21F3N2O.ClH/c23-22(24,25)19-5-2-1-4-16(19)8-10-21(28)26-17-9-7-15-11-13-27-12-3-6-20(27)18(15)14-17;/h1-2,4-5,7-10,14,20H,3,6,11-13H2,(H,26,28);1H. The van der Waals surface area contributed by atoms with Crippen molar-refractivity contribution >= 4 is 30.1 Å². The van der Waals surface area contributed by atoms with Crippen LogP contribution in [0.4, 0.5) is 18.9 Å². The molecule has 4 rings (SSSR count). The van der Waals surface area contributed by atoms with E-state index < -0.39 is 17.6 Å². The van der Waals surface area contributed by atoms with E-state index in [1.807, 2.05) is 18.2 Å². The minimum Gasteiger partial charge on any atom is -0.323 e. The van der Waals surface area contributed by atoms with Gasteiger partial charge in [-0.3, -0.25) is 9.69 Å². The van der Waals surface area contributed by atoms with E-state index in [0.717, 1.165) is 38.1 Å². The lowest BCUT2D eigenvalue weighted by Gasteiger charge is -2.32. The maximum Gasteiger partial charge on any atom is 0.416 e. The van der Waals surface area contributed by atoms with Crippen LogP contribution in [0.25, 0.3) is 6.08 Å². The van der Waals surface area contributed by atoms with Crippen LogP contribution in [0.1, 0.15) is 41.1 Å². The lowest BCUT2D eigenvalue weighted by molar-refractivity contribution is -0.137. The Morgan fingerprint density at radius 1 is 1.14 bits per heavy atom. The summed E-state index contributed by atoms with van der Waals surface area (Å²) >= 11 is 0. The van der Waals surface area contributed by atoms with Gasteiger partial charge in [0.15, 0.2) is 0 Å². The molecule has 2 aromatic rings. The number of hydrogen-bond acceptors (Lipinski definition) is 2. The normalized spacial score (nSPS) is 18.8. The van der Waals surface area contributed by atoms with Gasteiger partial charge in [-0.25, -0.2) is 0 Å². The SMILES string of the molecule is Cl.O=C(C=Cc1ccccc1C(F)(F)F)Nc1ccc2c(c1)C1CCCN1CC2. The first kappa shape index (κ1) is 21.4. The van der Waals surface area contributed by atoms with Gasteiger partial charge in [-0.15, -0.1) is 12.4 Å². The van der Waals surface area contributed by atoms with E-state index in [1.165, 1.54) is 41.8 Å². The molecule has 2 heterocycles. The summed E-state index contributed by atoms with van der Waals surface area (Å²) in [5.41, 5.74) is 2.46. The second kappa shape index (κ2) is 8.59. The summed E-state index contributed by atoms with van der Waals surface area (Å²) in [6.45, 7) is 2.19. The number of carbonyl (C=O) groups excluding carboxylic acids is 1. The number of nitrogens with one attached hydrogen (secondary N) is 1. The third kappa shape index (κ3) is 4.65. The van der Waals surface area contributed by atoms with Crippen molar-refractivity contribution in [1.29, 1.82) is 0 Å². The Morgan fingerprint density at radius 3 is 2.72 bits per heavy atom. The van der Waals surface area contributed by atoms with E-state index in [2.05, 4.69) is 10.2 Å². The van der Waals surface area contributed by atoms with Crippen LogP contribution in [0.3, 0.4) is 0 Å². The average Bonchev–Trinajstić information content (AvgIpc) is 3.15. The van der Waals surface area contributed by atoms with Crippen molar-refractivity contribution in [1.82, 2.24) is 4.90 Å². The largest absolute Gasteiger partial charge is 0.416 e. The van der Waals surface area contributed by atoms with Crippen molar-refractivity contribution in [3.63, 3.8) is 0 Å². The van der Waals surface area contributed by atoms with Crippen LogP contribution in [-0.2, 0) is 17.4 Å². The highest BCUT2D eigenvalue weighted by molar-refractivity contribution is 6.02. The number of alkyl halides is 3. The molecule has 0 bridgehead atoms. The van der Waals surface area contributed by atoms with Gasteiger partial charge in [0.25, 0.3) is 0 Å². The first-order valence-electron chi connectivity index (χ1n) is 9.44. The monoisotopic (exact) mass is 422 g/mol. The fourth-order valence-electron chi connectivity index (χ4n) is 4.17. The molecule has 7 heteroatoms. The number of fused-ring (bicyclic) bond motifs is 3. The van der Waals surface area contributed by atoms with E-state index in [4.69, 9.17) is 0 Å². The Kier molecular flexibility index (Phi) is 6.34. The lowest BCUT2D eigenvalue weighted by Crippen LogP contribution is -2.30. The first-order chi connectivity index (χ1) is 13.4. The molecule has 1 amide bonds. The number of nitrogens with zero attached hydrogens (tertiary/aromatic N) is 1. The highest BCUT2D eigenvalue weighted by Crippen LogP contribution is 2.38. The van der Waals surface area contributed by atoms with E-state index in [9.17, 15) is 18.0 Å². The van der Waals surface area contributed by atoms with E-state index >= 15 is 0 Å². The summed E-state index contributed by atoms with van der Waals surface area (Å²) in [5.74, 6) is -0.448. The number of anilines is 1. The van der Waals surface area contributed by atoms with Gasteiger partial charge in [0.05, 0.1) is 5.56 Å². The van der Waals surface area contributed by atoms with Gasteiger partial charge in [0.1, 0.15) is 0 Å². The van der Waals surface area contributed by atoms with Crippen molar-refractivity contribution in [3.05, 3.63) is 70.8 Å². The Bertz CT molecular complexity index is 927. The van der Waals surface area contributed by atoms with Gasteiger partial charge >= 0.3 is 6.18 Å². The zero-order chi connectivity index (χ0) is 19.7. The highest BCUT2D eigenvalue weighted by atomic mass is 35.5. The predicted molar refractivity (Wildman–Crippen MR) is 110 cm³/mol. The summed E-state index contributed by atoms with van der Waals surface area (Å²) in [6.07, 6.45) is 1.21. The Balaban J connectivity index is 0.00000240. The van der Waals surface area contributed by atoms with E-state index in [-0.39, 0.29) is 18.0 Å². The molecule has 0 aliphatic carbocycles. The molecular weight excluding hydrogens is 401 g/mol. The van der Waals surface area contributed by atoms with E-state index in [1.54, 1.807) is 0 Å². The van der Waals surface area contributed by atoms with Crippen molar-refractivity contribution < 1.29 is 18.0 Å². The molecule has 2 aliphatic heterocycles. The number of hydrogen-bond donors (Lipinski definition) is 1. The molecule has 1 unspecified atom stereocenters.